The smallest absolute Gasteiger partial charge is 0.308 e. The lowest BCUT2D eigenvalue weighted by atomic mass is 10.3. The van der Waals surface area contributed by atoms with Gasteiger partial charge < -0.3 is 10.5 Å². The zero-order valence-corrected chi connectivity index (χ0v) is 8.28. The predicted molar refractivity (Wildman–Crippen MR) is 51.7 cm³/mol. The maximum Gasteiger partial charge on any atom is 0.308 e. The molecule has 76 valence electrons. The third kappa shape index (κ3) is 2.69. The summed E-state index contributed by atoms with van der Waals surface area (Å²) in [6.45, 7) is 3.33. The average molecular weight is 195 g/mol. The van der Waals surface area contributed by atoms with Gasteiger partial charge in [0.25, 0.3) is 0 Å². The lowest BCUT2D eigenvalue weighted by Crippen LogP contribution is -2.07. The van der Waals surface area contributed by atoms with E-state index in [0.29, 0.717) is 5.82 Å². The fraction of sp³-hybridized carbons (Fsp3) is 0.444. The van der Waals surface area contributed by atoms with Crippen molar-refractivity contribution >= 4 is 11.8 Å². The van der Waals surface area contributed by atoms with Crippen LogP contribution in [0.3, 0.4) is 0 Å². The van der Waals surface area contributed by atoms with E-state index in [9.17, 15) is 4.79 Å². The number of rotatable bonds is 3. The first-order valence-corrected chi connectivity index (χ1v) is 4.43. The number of hydrogen-bond donors (Lipinski definition) is 1. The van der Waals surface area contributed by atoms with Crippen LogP contribution in [-0.4, -0.2) is 15.9 Å². The Kier molecular flexibility index (Phi) is 3.39. The Morgan fingerprint density at radius 3 is 2.86 bits per heavy atom. The van der Waals surface area contributed by atoms with E-state index in [1.165, 1.54) is 13.1 Å². The normalized spacial score (nSPS) is 9.86. The van der Waals surface area contributed by atoms with Crippen molar-refractivity contribution in [1.29, 1.82) is 0 Å². The molecule has 0 aromatic carbocycles. The molecule has 1 rings (SSSR count). The van der Waals surface area contributed by atoms with E-state index < -0.39 is 5.97 Å². The molecule has 0 fully saturated rings. The van der Waals surface area contributed by atoms with Crippen LogP contribution in [0.25, 0.3) is 0 Å². The molecule has 5 nitrogen and oxygen atoms in total. The van der Waals surface area contributed by atoms with Crippen LogP contribution in [0.4, 0.5) is 5.82 Å². The molecule has 1 aromatic rings. The van der Waals surface area contributed by atoms with Gasteiger partial charge in [0.05, 0.1) is 6.20 Å². The van der Waals surface area contributed by atoms with Gasteiger partial charge in [-0.3, -0.25) is 4.79 Å². The highest BCUT2D eigenvalue weighted by molar-refractivity contribution is 5.70. The first kappa shape index (κ1) is 10.4. The van der Waals surface area contributed by atoms with Gasteiger partial charge in [0.15, 0.2) is 11.6 Å². The summed E-state index contributed by atoms with van der Waals surface area (Å²) < 4.78 is 4.79. The molecule has 2 N–H and O–H groups in total. The van der Waals surface area contributed by atoms with Gasteiger partial charge in [-0.25, -0.2) is 9.97 Å². The number of anilines is 1. The second-order valence-corrected chi connectivity index (χ2v) is 2.88. The molecule has 0 saturated carbocycles. The van der Waals surface area contributed by atoms with Crippen LogP contribution in [0.15, 0.2) is 6.20 Å². The van der Waals surface area contributed by atoms with Crippen LogP contribution in [0.2, 0.25) is 0 Å². The molecule has 0 aliphatic heterocycles. The topological polar surface area (TPSA) is 78.1 Å². The molecule has 0 atom stereocenters. The number of aromatic nitrogens is 2. The maximum atomic E-state index is 10.6. The number of nitrogens with zero attached hydrogens (tertiary/aromatic N) is 2. The van der Waals surface area contributed by atoms with E-state index >= 15 is 0 Å². The zero-order chi connectivity index (χ0) is 10.6. The molecule has 0 radical (unpaired) electrons. The Hall–Kier alpha value is -1.65. The Balaban J connectivity index is 2.84. The summed E-state index contributed by atoms with van der Waals surface area (Å²) >= 11 is 0. The number of hydrogen-bond acceptors (Lipinski definition) is 5. The number of esters is 1. The van der Waals surface area contributed by atoms with Gasteiger partial charge in [-0.15, -0.1) is 0 Å². The quantitative estimate of drug-likeness (QED) is 0.726. The molecule has 1 heterocycles. The van der Waals surface area contributed by atoms with Crippen molar-refractivity contribution in [3.63, 3.8) is 0 Å². The summed E-state index contributed by atoms with van der Waals surface area (Å²) in [6, 6.07) is 0. The number of carbonyl (C=O) groups is 1. The van der Waals surface area contributed by atoms with Crippen molar-refractivity contribution in [3.8, 4) is 5.75 Å². The Morgan fingerprint density at radius 2 is 2.36 bits per heavy atom. The van der Waals surface area contributed by atoms with E-state index in [0.717, 1.165) is 12.8 Å². The summed E-state index contributed by atoms with van der Waals surface area (Å²) in [5, 5.41) is 0. The zero-order valence-electron chi connectivity index (χ0n) is 8.28. The van der Waals surface area contributed by atoms with Gasteiger partial charge >= 0.3 is 5.97 Å². The largest absolute Gasteiger partial charge is 0.421 e. The van der Waals surface area contributed by atoms with E-state index in [2.05, 4.69) is 9.97 Å². The molecule has 0 unspecified atom stereocenters. The Morgan fingerprint density at radius 1 is 1.64 bits per heavy atom. The highest BCUT2D eigenvalue weighted by Gasteiger charge is 2.06. The fourth-order valence-corrected chi connectivity index (χ4v) is 1.000. The minimum atomic E-state index is -0.427. The minimum absolute atomic E-state index is 0.207. The second kappa shape index (κ2) is 4.55. The first-order chi connectivity index (χ1) is 6.63. The third-order valence-electron chi connectivity index (χ3n) is 1.56. The lowest BCUT2D eigenvalue weighted by molar-refractivity contribution is -0.131. The third-order valence-corrected chi connectivity index (χ3v) is 1.56. The van der Waals surface area contributed by atoms with E-state index in [4.69, 9.17) is 10.5 Å². The average Bonchev–Trinajstić information content (AvgIpc) is 2.10. The van der Waals surface area contributed by atoms with Crippen molar-refractivity contribution in [1.82, 2.24) is 9.97 Å². The molecule has 0 spiro atoms. The van der Waals surface area contributed by atoms with E-state index in [1.807, 2.05) is 6.92 Å². The summed E-state index contributed by atoms with van der Waals surface area (Å²) in [5.41, 5.74) is 5.57. The molecule has 0 saturated heterocycles. The minimum Gasteiger partial charge on any atom is -0.421 e. The number of nitrogen functional groups attached to an aromatic ring is 1. The SMILES string of the molecule is CCCc1ncc(OC(C)=O)c(N)n1. The van der Waals surface area contributed by atoms with Crippen molar-refractivity contribution < 1.29 is 9.53 Å². The summed E-state index contributed by atoms with van der Waals surface area (Å²) in [5.74, 6) is 0.667. The van der Waals surface area contributed by atoms with Gasteiger partial charge in [0, 0.05) is 13.3 Å². The first-order valence-electron chi connectivity index (χ1n) is 4.43. The van der Waals surface area contributed by atoms with Crippen molar-refractivity contribution in [2.24, 2.45) is 0 Å². The van der Waals surface area contributed by atoms with Crippen LogP contribution >= 0.6 is 0 Å². The summed E-state index contributed by atoms with van der Waals surface area (Å²) in [6.07, 6.45) is 3.14. The standard InChI is InChI=1S/C9H13N3O2/c1-3-4-8-11-5-7(9(10)12-8)14-6(2)13/h5H,3-4H2,1-2H3,(H2,10,11,12). The van der Waals surface area contributed by atoms with Crippen LogP contribution < -0.4 is 10.5 Å². The maximum absolute atomic E-state index is 10.6. The van der Waals surface area contributed by atoms with E-state index in [1.54, 1.807) is 0 Å². The molecule has 0 amide bonds. The molecule has 0 bridgehead atoms. The molecule has 1 aromatic heterocycles. The number of aryl methyl sites for hydroxylation is 1. The van der Waals surface area contributed by atoms with Crippen molar-refractivity contribution in [2.45, 2.75) is 26.7 Å². The van der Waals surface area contributed by atoms with Crippen LogP contribution in [0.1, 0.15) is 26.1 Å². The van der Waals surface area contributed by atoms with Gasteiger partial charge in [-0.05, 0) is 6.42 Å². The monoisotopic (exact) mass is 195 g/mol. The van der Waals surface area contributed by atoms with Crippen LogP contribution in [0.5, 0.6) is 5.75 Å². The van der Waals surface area contributed by atoms with Crippen molar-refractivity contribution in [2.75, 3.05) is 5.73 Å². The number of ether oxygens (including phenoxy) is 1. The summed E-state index contributed by atoms with van der Waals surface area (Å²) in [7, 11) is 0. The van der Waals surface area contributed by atoms with Crippen molar-refractivity contribution in [3.05, 3.63) is 12.0 Å². The molecular formula is C9H13N3O2. The number of nitrogens with two attached hydrogens (primary N) is 1. The second-order valence-electron chi connectivity index (χ2n) is 2.88. The van der Waals surface area contributed by atoms with Crippen LogP contribution in [0, 0.1) is 0 Å². The highest BCUT2D eigenvalue weighted by Crippen LogP contribution is 2.17. The summed E-state index contributed by atoms with van der Waals surface area (Å²) in [4.78, 5) is 18.7. The van der Waals surface area contributed by atoms with Gasteiger partial charge in [-0.1, -0.05) is 6.92 Å². The molecule has 0 aliphatic carbocycles. The van der Waals surface area contributed by atoms with Gasteiger partial charge in [-0.2, -0.15) is 0 Å². The van der Waals surface area contributed by atoms with Gasteiger partial charge in [0.2, 0.25) is 0 Å². The predicted octanol–water partition coefficient (Wildman–Crippen LogP) is 0.937. The number of carbonyl (C=O) groups excluding carboxylic acids is 1. The highest BCUT2D eigenvalue weighted by atomic mass is 16.5. The fourth-order valence-electron chi connectivity index (χ4n) is 1.000. The molecule has 14 heavy (non-hydrogen) atoms. The molecular weight excluding hydrogens is 182 g/mol. The molecule has 0 aliphatic rings. The Bertz CT molecular complexity index is 339. The Labute approximate surface area is 82.3 Å². The van der Waals surface area contributed by atoms with Crippen LogP contribution in [-0.2, 0) is 11.2 Å². The molecule has 5 heteroatoms. The lowest BCUT2D eigenvalue weighted by Gasteiger charge is -2.04. The van der Waals surface area contributed by atoms with Gasteiger partial charge in [0.1, 0.15) is 5.82 Å². The van der Waals surface area contributed by atoms with E-state index in [-0.39, 0.29) is 11.6 Å².